The van der Waals surface area contributed by atoms with Gasteiger partial charge >= 0.3 is 5.97 Å². The van der Waals surface area contributed by atoms with Crippen LogP contribution in [0.5, 0.6) is 0 Å². The normalized spacial score (nSPS) is 16.6. The Morgan fingerprint density at radius 2 is 1.79 bits per heavy atom. The summed E-state index contributed by atoms with van der Waals surface area (Å²) in [4.78, 5) is 25.3. The Hall–Kier alpha value is -2.76. The topological polar surface area (TPSA) is 57.6 Å². The van der Waals surface area contributed by atoms with Crippen LogP contribution in [0.3, 0.4) is 0 Å². The van der Waals surface area contributed by atoms with Crippen LogP contribution in [0.4, 0.5) is 8.78 Å². The maximum atomic E-state index is 13.3. The molecule has 1 amide bonds. The lowest BCUT2D eigenvalue weighted by atomic mass is 9.93. The molecule has 3 rings (SSSR count). The summed E-state index contributed by atoms with van der Waals surface area (Å²) in [6.45, 7) is 0.190. The van der Waals surface area contributed by atoms with Crippen molar-refractivity contribution in [3.8, 4) is 0 Å². The lowest BCUT2D eigenvalue weighted by molar-refractivity contribution is -0.151. The van der Waals surface area contributed by atoms with Crippen molar-refractivity contribution in [1.29, 1.82) is 0 Å². The number of carboxylic acids is 1. The molecule has 124 valence electrons. The Labute approximate surface area is 137 Å². The molecule has 1 N–H and O–H groups in total. The molecule has 0 aromatic heterocycles. The third-order valence-corrected chi connectivity index (χ3v) is 4.19. The average Bonchev–Trinajstić information content (AvgIpc) is 2.57. The van der Waals surface area contributed by atoms with Gasteiger partial charge in [-0.1, -0.05) is 30.3 Å². The maximum Gasteiger partial charge on any atom is 0.326 e. The van der Waals surface area contributed by atoms with Crippen molar-refractivity contribution in [2.45, 2.75) is 25.4 Å². The first kappa shape index (κ1) is 16.1. The number of rotatable bonds is 3. The van der Waals surface area contributed by atoms with Crippen molar-refractivity contribution < 1.29 is 23.5 Å². The summed E-state index contributed by atoms with van der Waals surface area (Å²) in [7, 11) is 0. The maximum absolute atomic E-state index is 13.3. The van der Waals surface area contributed by atoms with Crippen LogP contribution < -0.4 is 0 Å². The molecule has 0 saturated carbocycles. The van der Waals surface area contributed by atoms with Crippen molar-refractivity contribution in [2.24, 2.45) is 0 Å². The van der Waals surface area contributed by atoms with Crippen molar-refractivity contribution in [1.82, 2.24) is 4.90 Å². The monoisotopic (exact) mass is 331 g/mol. The minimum atomic E-state index is -1.08. The van der Waals surface area contributed by atoms with Gasteiger partial charge in [-0.05, 0) is 28.8 Å². The average molecular weight is 331 g/mol. The minimum Gasteiger partial charge on any atom is -0.480 e. The molecule has 4 nitrogen and oxygen atoms in total. The van der Waals surface area contributed by atoms with Gasteiger partial charge in [-0.2, -0.15) is 0 Å². The van der Waals surface area contributed by atoms with E-state index in [1.54, 1.807) is 0 Å². The predicted octanol–water partition coefficient (Wildman–Crippen LogP) is 2.55. The van der Waals surface area contributed by atoms with Gasteiger partial charge in [0.25, 0.3) is 0 Å². The Morgan fingerprint density at radius 1 is 1.08 bits per heavy atom. The van der Waals surface area contributed by atoms with Gasteiger partial charge in [0.2, 0.25) is 5.91 Å². The zero-order chi connectivity index (χ0) is 17.3. The van der Waals surface area contributed by atoms with Crippen LogP contribution in [-0.4, -0.2) is 27.9 Å². The van der Waals surface area contributed by atoms with Gasteiger partial charge in [-0.15, -0.1) is 0 Å². The number of carbonyl (C=O) groups is 2. The molecule has 6 heteroatoms. The first-order valence-electron chi connectivity index (χ1n) is 7.48. The molecular formula is C18H15F2NO3. The summed E-state index contributed by atoms with van der Waals surface area (Å²) in [5.41, 5.74) is 2.11. The van der Waals surface area contributed by atoms with Crippen LogP contribution in [0.2, 0.25) is 0 Å². The molecule has 1 aliphatic heterocycles. The van der Waals surface area contributed by atoms with Gasteiger partial charge < -0.3 is 10.0 Å². The number of nitrogens with zero attached hydrogens (tertiary/aromatic N) is 1. The number of amides is 1. The molecule has 0 fully saturated rings. The van der Waals surface area contributed by atoms with Crippen LogP contribution in [0.25, 0.3) is 0 Å². The van der Waals surface area contributed by atoms with Crippen molar-refractivity contribution >= 4 is 11.9 Å². The van der Waals surface area contributed by atoms with Gasteiger partial charge in [-0.3, -0.25) is 4.79 Å². The Bertz CT molecular complexity index is 807. The van der Waals surface area contributed by atoms with E-state index in [1.807, 2.05) is 24.3 Å². The van der Waals surface area contributed by atoms with E-state index in [1.165, 1.54) is 11.0 Å². The highest BCUT2D eigenvalue weighted by molar-refractivity contribution is 5.85. The van der Waals surface area contributed by atoms with Crippen molar-refractivity contribution in [3.05, 3.63) is 70.8 Å². The van der Waals surface area contributed by atoms with Crippen LogP contribution in [-0.2, 0) is 29.0 Å². The Balaban J connectivity index is 1.84. The first-order chi connectivity index (χ1) is 11.5. The second-order valence-electron chi connectivity index (χ2n) is 5.77. The number of benzene rings is 2. The Kier molecular flexibility index (Phi) is 4.29. The lowest BCUT2D eigenvalue weighted by Crippen LogP contribution is -2.49. The van der Waals surface area contributed by atoms with Crippen molar-refractivity contribution in [3.63, 3.8) is 0 Å². The summed E-state index contributed by atoms with van der Waals surface area (Å²) < 4.78 is 26.3. The summed E-state index contributed by atoms with van der Waals surface area (Å²) in [5.74, 6) is -3.52. The number of aliphatic carboxylic acids is 1. The summed E-state index contributed by atoms with van der Waals surface area (Å²) in [5, 5.41) is 9.43. The van der Waals surface area contributed by atoms with Crippen molar-refractivity contribution in [2.75, 3.05) is 0 Å². The Morgan fingerprint density at radius 3 is 2.46 bits per heavy atom. The van der Waals surface area contributed by atoms with E-state index in [-0.39, 0.29) is 19.4 Å². The van der Waals surface area contributed by atoms with Crippen LogP contribution in [0.1, 0.15) is 16.7 Å². The molecule has 2 aromatic rings. The smallest absolute Gasteiger partial charge is 0.326 e. The molecule has 0 saturated heterocycles. The fourth-order valence-corrected chi connectivity index (χ4v) is 2.93. The van der Waals surface area contributed by atoms with E-state index in [2.05, 4.69) is 0 Å². The summed E-state index contributed by atoms with van der Waals surface area (Å²) >= 11 is 0. The van der Waals surface area contributed by atoms with E-state index >= 15 is 0 Å². The second kappa shape index (κ2) is 6.39. The minimum absolute atomic E-state index is 0.177. The van der Waals surface area contributed by atoms with Gasteiger partial charge in [0, 0.05) is 13.0 Å². The summed E-state index contributed by atoms with van der Waals surface area (Å²) in [6.07, 6.45) is 0.0537. The zero-order valence-electron chi connectivity index (χ0n) is 12.7. The largest absolute Gasteiger partial charge is 0.480 e. The van der Waals surface area contributed by atoms with Gasteiger partial charge in [0.1, 0.15) is 6.04 Å². The second-order valence-corrected chi connectivity index (χ2v) is 5.77. The molecule has 1 aliphatic rings. The SMILES string of the molecule is O=C(O)[C@@H]1Cc2ccccc2CN1C(=O)Cc1ccc(F)c(F)c1. The quantitative estimate of drug-likeness (QED) is 0.940. The number of carboxylic acid groups (broad SMARTS) is 1. The molecule has 0 aliphatic carbocycles. The number of halogens is 2. The van der Waals surface area contributed by atoms with Crippen LogP contribution in [0.15, 0.2) is 42.5 Å². The van der Waals surface area contributed by atoms with E-state index in [4.69, 9.17) is 0 Å². The highest BCUT2D eigenvalue weighted by Gasteiger charge is 2.34. The molecule has 0 bridgehead atoms. The van der Waals surface area contributed by atoms with Gasteiger partial charge in [0.15, 0.2) is 11.6 Å². The number of carbonyl (C=O) groups excluding carboxylic acids is 1. The molecule has 0 unspecified atom stereocenters. The fourth-order valence-electron chi connectivity index (χ4n) is 2.93. The first-order valence-corrected chi connectivity index (χ1v) is 7.48. The van der Waals surface area contributed by atoms with E-state index < -0.39 is 29.6 Å². The van der Waals surface area contributed by atoms with Crippen LogP contribution in [0, 0.1) is 11.6 Å². The van der Waals surface area contributed by atoms with Gasteiger partial charge in [0.05, 0.1) is 6.42 Å². The summed E-state index contributed by atoms with van der Waals surface area (Å²) in [6, 6.07) is 9.64. The third-order valence-electron chi connectivity index (χ3n) is 4.19. The van der Waals surface area contributed by atoms with E-state index in [0.717, 1.165) is 23.3 Å². The molecule has 1 atom stereocenters. The zero-order valence-corrected chi connectivity index (χ0v) is 12.7. The molecule has 24 heavy (non-hydrogen) atoms. The lowest BCUT2D eigenvalue weighted by Gasteiger charge is -2.34. The number of hydrogen-bond acceptors (Lipinski definition) is 2. The number of fused-ring (bicyclic) bond motifs is 1. The standard InChI is InChI=1S/C18H15F2NO3/c19-14-6-5-11(7-15(14)20)8-17(22)21-10-13-4-2-1-3-12(13)9-16(21)18(23)24/h1-7,16H,8-10H2,(H,23,24)/t16-/m0/s1. The molecule has 0 spiro atoms. The number of hydrogen-bond donors (Lipinski definition) is 1. The van der Waals surface area contributed by atoms with E-state index in [9.17, 15) is 23.5 Å². The molecule has 0 radical (unpaired) electrons. The highest BCUT2D eigenvalue weighted by Crippen LogP contribution is 2.24. The molecule has 2 aromatic carbocycles. The fraction of sp³-hybridized carbons (Fsp3) is 0.222. The highest BCUT2D eigenvalue weighted by atomic mass is 19.2. The van der Waals surface area contributed by atoms with Crippen LogP contribution >= 0.6 is 0 Å². The predicted molar refractivity (Wildman–Crippen MR) is 82.2 cm³/mol. The van der Waals surface area contributed by atoms with Gasteiger partial charge in [-0.25, -0.2) is 13.6 Å². The molecular weight excluding hydrogens is 316 g/mol. The third kappa shape index (κ3) is 3.13. The van der Waals surface area contributed by atoms with E-state index in [0.29, 0.717) is 5.56 Å². The molecule has 1 heterocycles.